The molecular formula is C13H21NO4. The fourth-order valence-electron chi connectivity index (χ4n) is 2.66. The van der Waals surface area contributed by atoms with E-state index in [9.17, 15) is 14.7 Å². The van der Waals surface area contributed by atoms with Crippen LogP contribution in [0, 0.1) is 11.3 Å². The first-order valence-electron chi connectivity index (χ1n) is 6.46. The highest BCUT2D eigenvalue weighted by molar-refractivity contribution is 5.77. The maximum atomic E-state index is 11.7. The summed E-state index contributed by atoms with van der Waals surface area (Å²) in [5.41, 5.74) is -1.07. The van der Waals surface area contributed by atoms with Crippen LogP contribution in [0.1, 0.15) is 40.0 Å². The van der Waals surface area contributed by atoms with Gasteiger partial charge in [-0.2, -0.15) is 0 Å². The van der Waals surface area contributed by atoms with Crippen LogP contribution in [0.5, 0.6) is 0 Å². The molecule has 5 nitrogen and oxygen atoms in total. The monoisotopic (exact) mass is 255 g/mol. The lowest BCUT2D eigenvalue weighted by Crippen LogP contribution is -2.61. The second-order valence-electron chi connectivity index (χ2n) is 6.40. The van der Waals surface area contributed by atoms with Crippen LogP contribution < -0.4 is 0 Å². The van der Waals surface area contributed by atoms with Crippen molar-refractivity contribution in [2.75, 3.05) is 13.1 Å². The minimum absolute atomic E-state index is 0.0938. The molecule has 2 rings (SSSR count). The Hall–Kier alpha value is -1.26. The summed E-state index contributed by atoms with van der Waals surface area (Å²) < 4.78 is 5.25. The molecular weight excluding hydrogens is 234 g/mol. The van der Waals surface area contributed by atoms with E-state index in [4.69, 9.17) is 4.74 Å². The van der Waals surface area contributed by atoms with Gasteiger partial charge in [-0.3, -0.25) is 4.79 Å². The smallest absolute Gasteiger partial charge is 0.410 e. The normalized spacial score (nSPS) is 22.9. The topological polar surface area (TPSA) is 66.8 Å². The molecule has 2 fully saturated rings. The molecule has 0 aromatic rings. The summed E-state index contributed by atoms with van der Waals surface area (Å²) in [7, 11) is 0. The average Bonchev–Trinajstić information content (AvgIpc) is 2.02. The number of hydrogen-bond donors (Lipinski definition) is 1. The zero-order valence-corrected chi connectivity index (χ0v) is 11.2. The molecule has 1 aliphatic carbocycles. The number of nitrogens with zero attached hydrogens (tertiary/aromatic N) is 1. The minimum Gasteiger partial charge on any atom is -0.481 e. The van der Waals surface area contributed by atoms with E-state index in [2.05, 4.69) is 0 Å². The first-order chi connectivity index (χ1) is 8.24. The van der Waals surface area contributed by atoms with Crippen LogP contribution in [0.2, 0.25) is 0 Å². The van der Waals surface area contributed by atoms with E-state index in [-0.39, 0.29) is 12.0 Å². The van der Waals surface area contributed by atoms with Crippen molar-refractivity contribution in [3.63, 3.8) is 0 Å². The van der Waals surface area contributed by atoms with Crippen LogP contribution in [-0.2, 0) is 9.53 Å². The summed E-state index contributed by atoms with van der Waals surface area (Å²) in [6, 6.07) is 0. The van der Waals surface area contributed by atoms with E-state index in [0.29, 0.717) is 13.1 Å². The number of carboxylic acids is 1. The molecule has 1 amide bonds. The molecule has 1 saturated carbocycles. The van der Waals surface area contributed by atoms with Gasteiger partial charge in [0.05, 0.1) is 5.41 Å². The highest BCUT2D eigenvalue weighted by Gasteiger charge is 2.55. The van der Waals surface area contributed by atoms with Gasteiger partial charge in [-0.25, -0.2) is 4.79 Å². The summed E-state index contributed by atoms with van der Waals surface area (Å²) in [6.07, 6.45) is 2.14. The van der Waals surface area contributed by atoms with E-state index in [1.165, 1.54) is 0 Å². The molecule has 5 heteroatoms. The van der Waals surface area contributed by atoms with E-state index >= 15 is 0 Å². The molecule has 0 atom stereocenters. The SMILES string of the molecule is CC(C)(C)OC(=O)N1CC(C2(C(=O)O)CCC2)C1. The molecule has 1 aliphatic heterocycles. The Labute approximate surface area is 107 Å². The summed E-state index contributed by atoms with van der Waals surface area (Å²) >= 11 is 0. The van der Waals surface area contributed by atoms with Gasteiger partial charge in [-0.05, 0) is 33.6 Å². The third-order valence-corrected chi connectivity index (χ3v) is 3.99. The molecule has 1 heterocycles. The van der Waals surface area contributed by atoms with Crippen molar-refractivity contribution >= 4 is 12.1 Å². The Morgan fingerprint density at radius 2 is 1.83 bits per heavy atom. The van der Waals surface area contributed by atoms with Crippen molar-refractivity contribution < 1.29 is 19.4 Å². The quantitative estimate of drug-likeness (QED) is 0.820. The third kappa shape index (κ3) is 2.18. The van der Waals surface area contributed by atoms with Gasteiger partial charge in [-0.15, -0.1) is 0 Å². The van der Waals surface area contributed by atoms with Crippen LogP contribution >= 0.6 is 0 Å². The summed E-state index contributed by atoms with van der Waals surface area (Å²) in [5, 5.41) is 9.30. The molecule has 102 valence electrons. The van der Waals surface area contributed by atoms with Gasteiger partial charge in [-0.1, -0.05) is 6.42 Å². The second kappa shape index (κ2) is 4.14. The van der Waals surface area contributed by atoms with Crippen molar-refractivity contribution in [1.29, 1.82) is 0 Å². The zero-order valence-electron chi connectivity index (χ0n) is 11.2. The van der Waals surface area contributed by atoms with Crippen molar-refractivity contribution in [1.82, 2.24) is 4.90 Å². The van der Waals surface area contributed by atoms with Crippen molar-refractivity contribution in [2.24, 2.45) is 11.3 Å². The van der Waals surface area contributed by atoms with Gasteiger partial charge >= 0.3 is 12.1 Å². The Bertz CT molecular complexity index is 362. The second-order valence-corrected chi connectivity index (χ2v) is 6.40. The van der Waals surface area contributed by atoms with Gasteiger partial charge in [0, 0.05) is 19.0 Å². The number of hydrogen-bond acceptors (Lipinski definition) is 3. The summed E-state index contributed by atoms with van der Waals surface area (Å²) in [5.74, 6) is -0.612. The Kier molecular flexibility index (Phi) is 3.03. The van der Waals surface area contributed by atoms with E-state index < -0.39 is 17.0 Å². The van der Waals surface area contributed by atoms with Crippen LogP contribution in [0.4, 0.5) is 4.79 Å². The average molecular weight is 255 g/mol. The van der Waals surface area contributed by atoms with E-state index in [1.54, 1.807) is 4.90 Å². The molecule has 0 bridgehead atoms. The fourth-order valence-corrected chi connectivity index (χ4v) is 2.66. The van der Waals surface area contributed by atoms with Crippen molar-refractivity contribution in [2.45, 2.75) is 45.6 Å². The lowest BCUT2D eigenvalue weighted by atomic mass is 9.59. The molecule has 1 saturated heterocycles. The number of rotatable bonds is 2. The highest BCUT2D eigenvalue weighted by atomic mass is 16.6. The Morgan fingerprint density at radius 3 is 2.17 bits per heavy atom. The first kappa shape index (κ1) is 13.2. The molecule has 0 aromatic heterocycles. The fraction of sp³-hybridized carbons (Fsp3) is 0.846. The number of carboxylic acid groups (broad SMARTS) is 1. The standard InChI is InChI=1S/C13H21NO4/c1-12(2,3)18-11(17)14-7-9(8-14)13(10(15)16)5-4-6-13/h9H,4-8H2,1-3H3,(H,15,16). The molecule has 0 aromatic carbocycles. The van der Waals surface area contributed by atoms with Crippen LogP contribution in [-0.4, -0.2) is 40.8 Å². The largest absolute Gasteiger partial charge is 0.481 e. The summed E-state index contributed by atoms with van der Waals surface area (Å²) in [6.45, 7) is 6.51. The Balaban J connectivity index is 1.87. The van der Waals surface area contributed by atoms with E-state index in [1.807, 2.05) is 20.8 Å². The maximum Gasteiger partial charge on any atom is 0.410 e. The lowest BCUT2D eigenvalue weighted by Gasteiger charge is -2.52. The number of ether oxygens (including phenoxy) is 1. The summed E-state index contributed by atoms with van der Waals surface area (Å²) in [4.78, 5) is 24.7. The van der Waals surface area contributed by atoms with Gasteiger partial charge < -0.3 is 14.7 Å². The highest BCUT2D eigenvalue weighted by Crippen LogP contribution is 2.50. The molecule has 1 N–H and O–H groups in total. The molecule has 0 radical (unpaired) electrons. The van der Waals surface area contributed by atoms with Crippen molar-refractivity contribution in [3.05, 3.63) is 0 Å². The number of aliphatic carboxylic acids is 1. The van der Waals surface area contributed by atoms with Gasteiger partial charge in [0.2, 0.25) is 0 Å². The Morgan fingerprint density at radius 1 is 1.28 bits per heavy atom. The number of likely N-dealkylation sites (tertiary alicyclic amines) is 1. The van der Waals surface area contributed by atoms with E-state index in [0.717, 1.165) is 19.3 Å². The molecule has 0 spiro atoms. The van der Waals surface area contributed by atoms with Crippen LogP contribution in [0.25, 0.3) is 0 Å². The third-order valence-electron chi connectivity index (χ3n) is 3.99. The lowest BCUT2D eigenvalue weighted by molar-refractivity contribution is -0.166. The molecule has 0 unspecified atom stereocenters. The molecule has 2 aliphatic rings. The van der Waals surface area contributed by atoms with Gasteiger partial charge in [0.15, 0.2) is 0 Å². The minimum atomic E-state index is -0.706. The maximum absolute atomic E-state index is 11.7. The van der Waals surface area contributed by atoms with Crippen LogP contribution in [0.3, 0.4) is 0 Å². The first-order valence-corrected chi connectivity index (χ1v) is 6.46. The van der Waals surface area contributed by atoms with Gasteiger partial charge in [0.25, 0.3) is 0 Å². The number of carbonyl (C=O) groups excluding carboxylic acids is 1. The predicted molar refractivity (Wildman–Crippen MR) is 65.2 cm³/mol. The zero-order chi connectivity index (χ0) is 13.6. The number of carbonyl (C=O) groups is 2. The number of amides is 1. The predicted octanol–water partition coefficient (Wildman–Crippen LogP) is 2.11. The van der Waals surface area contributed by atoms with Crippen molar-refractivity contribution in [3.8, 4) is 0 Å². The molecule has 18 heavy (non-hydrogen) atoms. The van der Waals surface area contributed by atoms with Crippen LogP contribution in [0.15, 0.2) is 0 Å². The van der Waals surface area contributed by atoms with Gasteiger partial charge in [0.1, 0.15) is 5.60 Å².